The smallest absolute Gasteiger partial charge is 0.347 e. The fourth-order valence-corrected chi connectivity index (χ4v) is 2.10. The maximum absolute atomic E-state index is 11.8. The summed E-state index contributed by atoms with van der Waals surface area (Å²) in [4.78, 5) is 39.2. The van der Waals surface area contributed by atoms with Crippen molar-refractivity contribution in [3.8, 4) is 5.75 Å². The molecule has 0 unspecified atom stereocenters. The zero-order valence-corrected chi connectivity index (χ0v) is 16.0. The van der Waals surface area contributed by atoms with Gasteiger partial charge in [-0.3, -0.25) is 9.59 Å². The average Bonchev–Trinajstić information content (AvgIpc) is 2.71. The zero-order chi connectivity index (χ0) is 21.1. The quantitative estimate of drug-likeness (QED) is 0.379. The predicted molar refractivity (Wildman–Crippen MR) is 107 cm³/mol. The molecule has 0 atom stereocenters. The average molecular weight is 399 g/mol. The number of amides is 2. The van der Waals surface area contributed by atoms with Crippen LogP contribution in [-0.4, -0.2) is 44.3 Å². The minimum absolute atomic E-state index is 0.191. The summed E-state index contributed by atoms with van der Waals surface area (Å²) in [5, 5.41) is 8.84. The second-order valence-electron chi connectivity index (χ2n) is 5.75. The molecule has 2 aromatic rings. The van der Waals surface area contributed by atoms with Crippen LogP contribution in [0.4, 0.5) is 11.4 Å². The van der Waals surface area contributed by atoms with E-state index in [4.69, 9.17) is 14.3 Å². The monoisotopic (exact) mass is 399 g/mol. The molecule has 0 fully saturated rings. The molecule has 0 aliphatic rings. The summed E-state index contributed by atoms with van der Waals surface area (Å²) in [7, 11) is 1.57. The molecule has 2 rings (SSSR count). The maximum Gasteiger partial charge on any atom is 0.347 e. The number of nitrogens with one attached hydrogen (secondary N) is 2. The number of carbonyl (C=O) groups is 3. The van der Waals surface area contributed by atoms with Crippen LogP contribution in [0, 0.1) is 0 Å². The molecule has 0 aliphatic heterocycles. The van der Waals surface area contributed by atoms with Crippen molar-refractivity contribution in [3.05, 3.63) is 54.1 Å². The summed E-state index contributed by atoms with van der Waals surface area (Å²) < 4.78 is 9.86. The van der Waals surface area contributed by atoms with Gasteiger partial charge in [0.1, 0.15) is 5.75 Å². The molecule has 0 aliphatic carbocycles. The Morgan fingerprint density at radius 3 is 2.14 bits per heavy atom. The Morgan fingerprint density at radius 1 is 0.931 bits per heavy atom. The Balaban J connectivity index is 1.66. The number of carbonyl (C=O) groups excluding carboxylic acids is 3. The number of benzene rings is 2. The lowest BCUT2D eigenvalue weighted by atomic mass is 10.2. The molecule has 0 bridgehead atoms. The lowest BCUT2D eigenvalue weighted by molar-refractivity contribution is -0.151. The molecule has 9 heteroatoms. The predicted octanol–water partition coefficient (Wildman–Crippen LogP) is 2.19. The van der Waals surface area contributed by atoms with Gasteiger partial charge in [0.2, 0.25) is 12.5 Å². The van der Waals surface area contributed by atoms with Crippen LogP contribution in [0.1, 0.15) is 12.5 Å². The van der Waals surface area contributed by atoms with E-state index >= 15 is 0 Å². The Hall–Kier alpha value is -3.88. The van der Waals surface area contributed by atoms with Gasteiger partial charge in [0.05, 0.1) is 13.3 Å². The van der Waals surface area contributed by atoms with Gasteiger partial charge in [0.25, 0.3) is 5.91 Å². The molecule has 0 spiro atoms. The largest absolute Gasteiger partial charge is 0.497 e. The second kappa shape index (κ2) is 11.1. The number of esters is 1. The van der Waals surface area contributed by atoms with Gasteiger partial charge in [-0.15, -0.1) is 0 Å². The van der Waals surface area contributed by atoms with Crippen molar-refractivity contribution >= 4 is 35.4 Å². The highest BCUT2D eigenvalue weighted by atomic mass is 16.7. The van der Waals surface area contributed by atoms with Crippen molar-refractivity contribution in [2.24, 2.45) is 5.16 Å². The Kier molecular flexibility index (Phi) is 8.18. The molecule has 152 valence electrons. The van der Waals surface area contributed by atoms with E-state index in [1.807, 2.05) is 0 Å². The highest BCUT2D eigenvalue weighted by Gasteiger charge is 2.08. The van der Waals surface area contributed by atoms with Crippen LogP contribution < -0.4 is 15.4 Å². The van der Waals surface area contributed by atoms with E-state index in [2.05, 4.69) is 15.8 Å². The van der Waals surface area contributed by atoms with Crippen LogP contribution in [-0.2, 0) is 24.0 Å². The lowest BCUT2D eigenvalue weighted by Gasteiger charge is -2.07. The van der Waals surface area contributed by atoms with Gasteiger partial charge in [-0.2, -0.15) is 0 Å². The van der Waals surface area contributed by atoms with E-state index in [1.54, 1.807) is 55.6 Å². The number of hydrogen-bond donors (Lipinski definition) is 2. The van der Waals surface area contributed by atoms with E-state index in [1.165, 1.54) is 13.1 Å². The maximum atomic E-state index is 11.8. The summed E-state index contributed by atoms with van der Waals surface area (Å²) in [6, 6.07) is 13.6. The van der Waals surface area contributed by atoms with Gasteiger partial charge in [-0.25, -0.2) is 4.79 Å². The van der Waals surface area contributed by atoms with Crippen molar-refractivity contribution in [1.82, 2.24) is 0 Å². The minimum Gasteiger partial charge on any atom is -0.497 e. The molecule has 2 aromatic carbocycles. The molecule has 0 saturated heterocycles. The second-order valence-corrected chi connectivity index (χ2v) is 5.75. The fourth-order valence-electron chi connectivity index (χ4n) is 2.10. The molecule has 0 saturated carbocycles. The first-order valence-corrected chi connectivity index (χ1v) is 8.59. The molecule has 9 nitrogen and oxygen atoms in total. The molecule has 0 radical (unpaired) electrons. The Bertz CT molecular complexity index is 863. The molecule has 2 amide bonds. The fraction of sp³-hybridized carbons (Fsp3) is 0.200. The molecule has 0 heterocycles. The third-order valence-electron chi connectivity index (χ3n) is 3.43. The number of rotatable bonds is 9. The van der Waals surface area contributed by atoms with Gasteiger partial charge >= 0.3 is 5.97 Å². The van der Waals surface area contributed by atoms with E-state index in [0.717, 1.165) is 5.56 Å². The first kappa shape index (κ1) is 21.4. The van der Waals surface area contributed by atoms with E-state index < -0.39 is 25.1 Å². The Morgan fingerprint density at radius 2 is 1.55 bits per heavy atom. The van der Waals surface area contributed by atoms with Crippen LogP contribution in [0.25, 0.3) is 0 Å². The van der Waals surface area contributed by atoms with Gasteiger partial charge < -0.3 is 24.9 Å². The Labute approximate surface area is 167 Å². The third-order valence-corrected chi connectivity index (χ3v) is 3.43. The van der Waals surface area contributed by atoms with Crippen molar-refractivity contribution in [3.63, 3.8) is 0 Å². The van der Waals surface area contributed by atoms with Crippen molar-refractivity contribution < 1.29 is 28.7 Å². The van der Waals surface area contributed by atoms with Crippen LogP contribution in [0.15, 0.2) is 53.7 Å². The molecule has 2 N–H and O–H groups in total. The van der Waals surface area contributed by atoms with E-state index in [-0.39, 0.29) is 5.91 Å². The van der Waals surface area contributed by atoms with Crippen LogP contribution in [0.3, 0.4) is 0 Å². The zero-order valence-electron chi connectivity index (χ0n) is 16.0. The number of hydrogen-bond acceptors (Lipinski definition) is 7. The minimum atomic E-state index is -0.729. The SMILES string of the molecule is COc1ccc(/C=N\OCC(=O)OCC(=O)Nc2ccc(NC(C)=O)cc2)cc1. The lowest BCUT2D eigenvalue weighted by Crippen LogP contribution is -2.22. The molecule has 29 heavy (non-hydrogen) atoms. The summed E-state index contributed by atoms with van der Waals surface area (Å²) in [5.74, 6) is -0.710. The highest BCUT2D eigenvalue weighted by Crippen LogP contribution is 2.13. The van der Waals surface area contributed by atoms with Crippen molar-refractivity contribution in [1.29, 1.82) is 0 Å². The van der Waals surface area contributed by atoms with Gasteiger partial charge in [0, 0.05) is 18.3 Å². The molecular formula is C20H21N3O6. The summed E-state index contributed by atoms with van der Waals surface area (Å²) in [6.45, 7) is 0.515. The normalized spacial score (nSPS) is 10.3. The highest BCUT2D eigenvalue weighted by molar-refractivity contribution is 5.93. The topological polar surface area (TPSA) is 115 Å². The molecular weight excluding hydrogens is 378 g/mol. The summed E-state index contributed by atoms with van der Waals surface area (Å²) in [6.07, 6.45) is 1.43. The van der Waals surface area contributed by atoms with E-state index in [0.29, 0.717) is 17.1 Å². The van der Waals surface area contributed by atoms with Crippen molar-refractivity contribution in [2.75, 3.05) is 31.0 Å². The van der Waals surface area contributed by atoms with Crippen molar-refractivity contribution in [2.45, 2.75) is 6.92 Å². The van der Waals surface area contributed by atoms with Gasteiger partial charge in [0.15, 0.2) is 6.61 Å². The number of ether oxygens (including phenoxy) is 2. The number of nitrogens with zero attached hydrogens (tertiary/aromatic N) is 1. The standard InChI is InChI=1S/C20H21N3O6/c1-14(24)22-16-5-7-17(8-6-16)23-19(25)12-28-20(26)13-29-21-11-15-3-9-18(27-2)10-4-15/h3-11H,12-13H2,1-2H3,(H,22,24)(H,23,25)/b21-11-. The van der Waals surface area contributed by atoms with Gasteiger partial charge in [-0.1, -0.05) is 5.16 Å². The number of oxime groups is 1. The van der Waals surface area contributed by atoms with Gasteiger partial charge in [-0.05, 0) is 54.1 Å². The van der Waals surface area contributed by atoms with Crippen LogP contribution >= 0.6 is 0 Å². The first-order chi connectivity index (χ1) is 14.0. The van der Waals surface area contributed by atoms with E-state index in [9.17, 15) is 14.4 Å². The first-order valence-electron chi connectivity index (χ1n) is 8.59. The summed E-state index contributed by atoms with van der Waals surface area (Å²) in [5.41, 5.74) is 1.87. The molecule has 0 aromatic heterocycles. The van der Waals surface area contributed by atoms with Crippen LogP contribution in [0.2, 0.25) is 0 Å². The number of methoxy groups -OCH3 is 1. The number of anilines is 2. The summed E-state index contributed by atoms with van der Waals surface area (Å²) >= 11 is 0. The third kappa shape index (κ3) is 8.12. The van der Waals surface area contributed by atoms with Crippen LogP contribution in [0.5, 0.6) is 5.75 Å².